The molecule has 30 heavy (non-hydrogen) atoms. The van der Waals surface area contributed by atoms with Crippen LogP contribution in [0.1, 0.15) is 29.5 Å². The van der Waals surface area contributed by atoms with Crippen molar-refractivity contribution >= 4 is 23.2 Å². The molecule has 3 aromatic rings. The number of hydrogen-bond donors (Lipinski definition) is 2. The highest BCUT2D eigenvalue weighted by molar-refractivity contribution is 6.40. The molecule has 2 N–H and O–H groups in total. The molecule has 7 nitrogen and oxygen atoms in total. The first-order valence-corrected chi connectivity index (χ1v) is 9.86. The minimum atomic E-state index is -0.254. The fourth-order valence-corrected chi connectivity index (χ4v) is 3.36. The number of aromatic amines is 1. The van der Waals surface area contributed by atoms with Crippen molar-refractivity contribution in [1.29, 1.82) is 0 Å². The number of rotatable bonds is 5. The lowest BCUT2D eigenvalue weighted by atomic mass is 10.1. The molecule has 4 rings (SSSR count). The minimum Gasteiger partial charge on any atom is -0.347 e. The monoisotopic (exact) mass is 401 g/mol. The lowest BCUT2D eigenvalue weighted by Crippen LogP contribution is -2.39. The molecule has 0 unspecified atom stereocenters. The van der Waals surface area contributed by atoms with Crippen LogP contribution in [-0.4, -0.2) is 27.7 Å². The third-order valence-electron chi connectivity index (χ3n) is 5.11. The smallest absolute Gasteiger partial charge is 0.267 e. The Balaban J connectivity index is 1.45. The van der Waals surface area contributed by atoms with Gasteiger partial charge >= 0.3 is 0 Å². The summed E-state index contributed by atoms with van der Waals surface area (Å²) in [6.45, 7) is 4.28. The Labute approximate surface area is 174 Å². The van der Waals surface area contributed by atoms with Gasteiger partial charge in [-0.2, -0.15) is 10.2 Å². The van der Waals surface area contributed by atoms with E-state index in [0.29, 0.717) is 18.7 Å². The number of nitrogens with one attached hydrogen (secondary N) is 2. The molecule has 0 spiro atoms. The molecule has 0 saturated heterocycles. The molecule has 2 heterocycles. The molecule has 2 amide bonds. The van der Waals surface area contributed by atoms with Gasteiger partial charge in [-0.15, -0.1) is 0 Å². The first kappa shape index (κ1) is 19.6. The maximum absolute atomic E-state index is 12.7. The van der Waals surface area contributed by atoms with E-state index in [2.05, 4.69) is 20.6 Å². The molecule has 0 bridgehead atoms. The van der Waals surface area contributed by atoms with Crippen LogP contribution in [0, 0.1) is 13.8 Å². The Kier molecular flexibility index (Phi) is 5.43. The van der Waals surface area contributed by atoms with Gasteiger partial charge in [0.2, 0.25) is 5.91 Å². The number of hydrogen-bond acceptors (Lipinski definition) is 4. The van der Waals surface area contributed by atoms with Gasteiger partial charge in [0.1, 0.15) is 5.71 Å². The van der Waals surface area contributed by atoms with Crippen molar-refractivity contribution in [3.63, 3.8) is 0 Å². The fourth-order valence-electron chi connectivity index (χ4n) is 3.36. The van der Waals surface area contributed by atoms with Gasteiger partial charge in [0.15, 0.2) is 0 Å². The minimum absolute atomic E-state index is 0.102. The second-order valence-electron chi connectivity index (χ2n) is 7.39. The van der Waals surface area contributed by atoms with Crippen LogP contribution in [0.3, 0.4) is 0 Å². The highest BCUT2D eigenvalue weighted by Crippen LogP contribution is 2.25. The summed E-state index contributed by atoms with van der Waals surface area (Å²) < 4.78 is 0. The van der Waals surface area contributed by atoms with Crippen molar-refractivity contribution in [3.8, 4) is 11.3 Å². The van der Waals surface area contributed by atoms with E-state index in [4.69, 9.17) is 0 Å². The fraction of sp³-hybridized carbons (Fsp3) is 0.217. The van der Waals surface area contributed by atoms with E-state index in [0.717, 1.165) is 33.6 Å². The summed E-state index contributed by atoms with van der Waals surface area (Å²) in [5.74, 6) is -0.356. The first-order valence-electron chi connectivity index (χ1n) is 9.86. The van der Waals surface area contributed by atoms with Crippen molar-refractivity contribution in [2.24, 2.45) is 5.10 Å². The van der Waals surface area contributed by atoms with Gasteiger partial charge in [-0.1, -0.05) is 36.4 Å². The number of aromatic nitrogens is 2. The lowest BCUT2D eigenvalue weighted by Gasteiger charge is -2.24. The second kappa shape index (κ2) is 8.32. The summed E-state index contributed by atoms with van der Waals surface area (Å²) in [5, 5.41) is 15.5. The van der Waals surface area contributed by atoms with Gasteiger partial charge in [-0.3, -0.25) is 14.7 Å². The highest BCUT2D eigenvalue weighted by atomic mass is 16.2. The average molecular weight is 401 g/mol. The molecule has 0 saturated carbocycles. The molecule has 2 aromatic carbocycles. The molecular weight excluding hydrogens is 378 g/mol. The number of benzene rings is 2. The normalized spacial score (nSPS) is 13.9. The molecule has 0 fully saturated rings. The number of anilines is 1. The Morgan fingerprint density at radius 3 is 2.63 bits per heavy atom. The number of carbonyl (C=O) groups excluding carboxylic acids is 2. The van der Waals surface area contributed by atoms with Crippen LogP contribution in [0.4, 0.5) is 5.69 Å². The van der Waals surface area contributed by atoms with E-state index in [-0.39, 0.29) is 18.2 Å². The van der Waals surface area contributed by atoms with Gasteiger partial charge in [0.25, 0.3) is 5.91 Å². The summed E-state index contributed by atoms with van der Waals surface area (Å²) >= 11 is 0. The van der Waals surface area contributed by atoms with Crippen LogP contribution >= 0.6 is 0 Å². The van der Waals surface area contributed by atoms with Crippen molar-refractivity contribution in [3.05, 3.63) is 71.4 Å². The summed E-state index contributed by atoms with van der Waals surface area (Å²) in [6.07, 6.45) is 2.31. The van der Waals surface area contributed by atoms with Crippen molar-refractivity contribution in [1.82, 2.24) is 15.5 Å². The van der Waals surface area contributed by atoms with Crippen molar-refractivity contribution in [2.45, 2.75) is 33.2 Å². The zero-order chi connectivity index (χ0) is 21.1. The van der Waals surface area contributed by atoms with Gasteiger partial charge in [-0.05, 0) is 48.2 Å². The molecule has 1 aliphatic rings. The molecule has 1 aromatic heterocycles. The van der Waals surface area contributed by atoms with Crippen LogP contribution in [0.25, 0.3) is 11.3 Å². The molecule has 1 aliphatic heterocycles. The predicted octanol–water partition coefficient (Wildman–Crippen LogP) is 3.49. The molecule has 0 aliphatic carbocycles. The van der Waals surface area contributed by atoms with Crippen LogP contribution in [0.15, 0.2) is 59.8 Å². The Morgan fingerprint density at radius 2 is 1.90 bits per heavy atom. The third kappa shape index (κ3) is 4.15. The Hall–Kier alpha value is -3.74. The number of aryl methyl sites for hydroxylation is 2. The van der Waals surface area contributed by atoms with Crippen LogP contribution in [0.5, 0.6) is 0 Å². The summed E-state index contributed by atoms with van der Waals surface area (Å²) in [6, 6.07) is 15.6. The Morgan fingerprint density at radius 1 is 1.10 bits per heavy atom. The largest absolute Gasteiger partial charge is 0.347 e. The van der Waals surface area contributed by atoms with Gasteiger partial charge < -0.3 is 5.32 Å². The van der Waals surface area contributed by atoms with Crippen LogP contribution in [0.2, 0.25) is 0 Å². The van der Waals surface area contributed by atoms with Crippen molar-refractivity contribution < 1.29 is 9.59 Å². The van der Waals surface area contributed by atoms with Gasteiger partial charge in [0, 0.05) is 25.6 Å². The van der Waals surface area contributed by atoms with Crippen molar-refractivity contribution in [2.75, 3.05) is 5.01 Å². The maximum atomic E-state index is 12.7. The summed E-state index contributed by atoms with van der Waals surface area (Å²) in [4.78, 5) is 25.1. The lowest BCUT2D eigenvalue weighted by molar-refractivity contribution is -0.119. The highest BCUT2D eigenvalue weighted by Gasteiger charge is 2.26. The number of amides is 2. The quantitative estimate of drug-likeness (QED) is 0.686. The standard InChI is InChI=1S/C23H23N5O2/c1-15-3-4-16(2)21(13-15)28-22(29)10-9-20(27-28)23(30)24-14-17-5-7-18(8-6-17)19-11-12-25-26-19/h3-8,11-13H,9-10,14H2,1-2H3,(H,24,30)(H,25,26). The zero-order valence-corrected chi connectivity index (χ0v) is 17.0. The number of nitrogens with zero attached hydrogens (tertiary/aromatic N) is 3. The number of H-pyrrole nitrogens is 1. The van der Waals surface area contributed by atoms with E-state index in [1.807, 2.05) is 62.4 Å². The van der Waals surface area contributed by atoms with E-state index in [1.165, 1.54) is 5.01 Å². The second-order valence-corrected chi connectivity index (χ2v) is 7.39. The Bertz CT molecular complexity index is 1100. The van der Waals surface area contributed by atoms with Gasteiger partial charge in [-0.25, -0.2) is 5.01 Å². The first-order chi connectivity index (χ1) is 14.5. The third-order valence-corrected chi connectivity index (χ3v) is 5.11. The SMILES string of the molecule is Cc1ccc(C)c(N2N=C(C(=O)NCc3ccc(-c4ccn[nH]4)cc3)CCC2=O)c1. The summed E-state index contributed by atoms with van der Waals surface area (Å²) in [7, 11) is 0. The predicted molar refractivity (Wildman–Crippen MR) is 116 cm³/mol. The number of hydrazone groups is 1. The molecule has 7 heteroatoms. The van der Waals surface area contributed by atoms with E-state index >= 15 is 0 Å². The molecule has 0 radical (unpaired) electrons. The van der Waals surface area contributed by atoms with Crippen LogP contribution in [-0.2, 0) is 16.1 Å². The van der Waals surface area contributed by atoms with E-state index in [1.54, 1.807) is 6.20 Å². The zero-order valence-electron chi connectivity index (χ0n) is 17.0. The van der Waals surface area contributed by atoms with Gasteiger partial charge in [0.05, 0.1) is 11.4 Å². The summed E-state index contributed by atoms with van der Waals surface area (Å²) in [5.41, 5.74) is 6.01. The topological polar surface area (TPSA) is 90.4 Å². The molecular formula is C23H23N5O2. The number of carbonyl (C=O) groups is 2. The van der Waals surface area contributed by atoms with Crippen LogP contribution < -0.4 is 10.3 Å². The van der Waals surface area contributed by atoms with E-state index < -0.39 is 0 Å². The van der Waals surface area contributed by atoms with E-state index in [9.17, 15) is 9.59 Å². The maximum Gasteiger partial charge on any atom is 0.267 e. The molecule has 152 valence electrons. The average Bonchev–Trinajstić information content (AvgIpc) is 3.29. The molecule has 0 atom stereocenters.